The van der Waals surface area contributed by atoms with Crippen molar-refractivity contribution >= 4 is 5.78 Å². The second kappa shape index (κ2) is 7.98. The molecule has 0 N–H and O–H groups in total. The van der Waals surface area contributed by atoms with Gasteiger partial charge in [-0.1, -0.05) is 32.6 Å². The maximum absolute atomic E-state index is 10.9. The topological polar surface area (TPSA) is 26.3 Å². The van der Waals surface area contributed by atoms with E-state index in [0.29, 0.717) is 0 Å². The predicted molar refractivity (Wildman–Crippen MR) is 59.4 cm³/mol. The van der Waals surface area contributed by atoms with Crippen molar-refractivity contribution in [1.29, 1.82) is 0 Å². The molecule has 84 valence electrons. The number of hydrogen-bond donors (Lipinski definition) is 0. The summed E-state index contributed by atoms with van der Waals surface area (Å²) in [5.41, 5.74) is 0. The van der Waals surface area contributed by atoms with Crippen molar-refractivity contribution in [2.75, 3.05) is 0 Å². The van der Waals surface area contributed by atoms with Crippen LogP contribution in [0.15, 0.2) is 0 Å². The summed E-state index contributed by atoms with van der Waals surface area (Å²) in [5, 5.41) is 0. The van der Waals surface area contributed by atoms with E-state index in [4.69, 9.17) is 4.74 Å². The molecule has 0 bridgehead atoms. The highest BCUT2D eigenvalue weighted by Crippen LogP contribution is 2.09. The molecule has 0 spiro atoms. The normalized spacial score (nSPS) is 15.1. The Morgan fingerprint density at radius 3 is 2.36 bits per heavy atom. The van der Waals surface area contributed by atoms with Gasteiger partial charge in [-0.05, 0) is 27.2 Å². The summed E-state index contributed by atoms with van der Waals surface area (Å²) in [6.07, 6.45) is 6.09. The van der Waals surface area contributed by atoms with Crippen LogP contribution in [-0.2, 0) is 9.53 Å². The zero-order valence-corrected chi connectivity index (χ0v) is 10.0. The summed E-state index contributed by atoms with van der Waals surface area (Å²) in [5.74, 6) is 0.116. The summed E-state index contributed by atoms with van der Waals surface area (Å²) in [6, 6.07) is 0. The molecule has 0 radical (unpaired) electrons. The highest BCUT2D eigenvalue weighted by Gasteiger charge is 2.11. The molecule has 2 nitrogen and oxygen atoms in total. The van der Waals surface area contributed by atoms with Gasteiger partial charge in [-0.2, -0.15) is 0 Å². The van der Waals surface area contributed by atoms with E-state index < -0.39 is 0 Å². The van der Waals surface area contributed by atoms with Crippen LogP contribution >= 0.6 is 0 Å². The summed E-state index contributed by atoms with van der Waals surface area (Å²) in [6.45, 7) is 7.66. The Bertz CT molecular complexity index is 154. The minimum Gasteiger partial charge on any atom is -0.368 e. The largest absolute Gasteiger partial charge is 0.368 e. The highest BCUT2D eigenvalue weighted by molar-refractivity contribution is 5.79. The molecule has 0 heterocycles. The maximum atomic E-state index is 10.9. The zero-order chi connectivity index (χ0) is 11.0. The van der Waals surface area contributed by atoms with E-state index in [1.54, 1.807) is 6.92 Å². The summed E-state index contributed by atoms with van der Waals surface area (Å²) in [7, 11) is 0. The third-order valence-electron chi connectivity index (χ3n) is 2.47. The van der Waals surface area contributed by atoms with Gasteiger partial charge in [0.15, 0.2) is 5.78 Å². The third-order valence-corrected chi connectivity index (χ3v) is 2.47. The first kappa shape index (κ1) is 13.6. The number of ether oxygens (including phenoxy) is 1. The lowest BCUT2D eigenvalue weighted by Gasteiger charge is -2.16. The smallest absolute Gasteiger partial charge is 0.158 e. The first-order valence-corrected chi connectivity index (χ1v) is 5.73. The van der Waals surface area contributed by atoms with Gasteiger partial charge in [-0.3, -0.25) is 4.79 Å². The van der Waals surface area contributed by atoms with Crippen molar-refractivity contribution < 1.29 is 9.53 Å². The lowest BCUT2D eigenvalue weighted by Crippen LogP contribution is -2.23. The van der Waals surface area contributed by atoms with Crippen LogP contribution in [-0.4, -0.2) is 18.0 Å². The van der Waals surface area contributed by atoms with Crippen molar-refractivity contribution in [2.45, 2.75) is 72.0 Å². The quantitative estimate of drug-likeness (QED) is 0.562. The molecule has 0 fully saturated rings. The van der Waals surface area contributed by atoms with Crippen molar-refractivity contribution in [3.8, 4) is 0 Å². The molecule has 0 amide bonds. The molecule has 14 heavy (non-hydrogen) atoms. The Morgan fingerprint density at radius 1 is 1.21 bits per heavy atom. The summed E-state index contributed by atoms with van der Waals surface area (Å²) < 4.78 is 5.54. The molecule has 2 atom stereocenters. The Morgan fingerprint density at radius 2 is 1.86 bits per heavy atom. The van der Waals surface area contributed by atoms with Crippen LogP contribution in [0.3, 0.4) is 0 Å². The lowest BCUT2D eigenvalue weighted by atomic mass is 10.1. The maximum Gasteiger partial charge on any atom is 0.158 e. The van der Waals surface area contributed by atoms with Crippen molar-refractivity contribution in [3.63, 3.8) is 0 Å². The average Bonchev–Trinajstić information content (AvgIpc) is 2.12. The third kappa shape index (κ3) is 7.07. The van der Waals surface area contributed by atoms with E-state index in [1.807, 2.05) is 13.8 Å². The van der Waals surface area contributed by atoms with E-state index >= 15 is 0 Å². The predicted octanol–water partition coefficient (Wildman–Crippen LogP) is 3.34. The fourth-order valence-electron chi connectivity index (χ4n) is 1.37. The van der Waals surface area contributed by atoms with E-state index in [9.17, 15) is 4.79 Å². The van der Waals surface area contributed by atoms with Gasteiger partial charge in [-0.25, -0.2) is 0 Å². The number of carbonyl (C=O) groups is 1. The van der Waals surface area contributed by atoms with Crippen molar-refractivity contribution in [2.24, 2.45) is 0 Å². The van der Waals surface area contributed by atoms with Gasteiger partial charge in [0, 0.05) is 0 Å². The lowest BCUT2D eigenvalue weighted by molar-refractivity contribution is -0.130. The molecule has 0 aromatic carbocycles. The standard InChI is InChI=1S/C12H24O2/c1-5-6-7-8-9-10(2)14-12(4)11(3)13/h10,12H,5-9H2,1-4H3. The van der Waals surface area contributed by atoms with E-state index in [1.165, 1.54) is 25.7 Å². The number of hydrogen-bond acceptors (Lipinski definition) is 2. The number of carbonyl (C=O) groups excluding carboxylic acids is 1. The molecule has 0 aromatic rings. The Kier molecular flexibility index (Phi) is 7.77. The van der Waals surface area contributed by atoms with Crippen LogP contribution in [0.4, 0.5) is 0 Å². The van der Waals surface area contributed by atoms with Crippen LogP contribution < -0.4 is 0 Å². The van der Waals surface area contributed by atoms with Gasteiger partial charge >= 0.3 is 0 Å². The van der Waals surface area contributed by atoms with Gasteiger partial charge < -0.3 is 4.74 Å². The van der Waals surface area contributed by atoms with Crippen LogP contribution in [0, 0.1) is 0 Å². The van der Waals surface area contributed by atoms with Crippen LogP contribution in [0.2, 0.25) is 0 Å². The van der Waals surface area contributed by atoms with Gasteiger partial charge in [0.1, 0.15) is 6.10 Å². The first-order chi connectivity index (χ1) is 6.57. The number of unbranched alkanes of at least 4 members (excludes halogenated alkanes) is 3. The Labute approximate surface area is 88.0 Å². The summed E-state index contributed by atoms with van der Waals surface area (Å²) in [4.78, 5) is 10.9. The SMILES string of the molecule is CCCCCCC(C)OC(C)C(C)=O. The number of ketones is 1. The minimum atomic E-state index is -0.240. The molecule has 0 aliphatic rings. The van der Waals surface area contributed by atoms with Crippen molar-refractivity contribution in [3.05, 3.63) is 0 Å². The average molecular weight is 200 g/mol. The fraction of sp³-hybridized carbons (Fsp3) is 0.917. The number of rotatable bonds is 8. The molecule has 0 aromatic heterocycles. The van der Waals surface area contributed by atoms with E-state index in [-0.39, 0.29) is 18.0 Å². The second-order valence-electron chi connectivity index (χ2n) is 4.05. The molecule has 0 aliphatic heterocycles. The molecule has 0 saturated heterocycles. The second-order valence-corrected chi connectivity index (χ2v) is 4.05. The molecule has 0 aliphatic carbocycles. The van der Waals surface area contributed by atoms with Crippen LogP contribution in [0.5, 0.6) is 0 Å². The van der Waals surface area contributed by atoms with Gasteiger partial charge in [0.05, 0.1) is 6.10 Å². The van der Waals surface area contributed by atoms with Gasteiger partial charge in [0.25, 0.3) is 0 Å². The highest BCUT2D eigenvalue weighted by atomic mass is 16.5. The van der Waals surface area contributed by atoms with Crippen molar-refractivity contribution in [1.82, 2.24) is 0 Å². The minimum absolute atomic E-state index is 0.116. The molecule has 2 heteroatoms. The van der Waals surface area contributed by atoms with E-state index in [0.717, 1.165) is 6.42 Å². The van der Waals surface area contributed by atoms with Crippen LogP contribution in [0.25, 0.3) is 0 Å². The fourth-order valence-corrected chi connectivity index (χ4v) is 1.37. The number of Topliss-reactive ketones (excluding diaryl/α,β-unsaturated/α-hetero) is 1. The molecular formula is C12H24O2. The van der Waals surface area contributed by atoms with Gasteiger partial charge in [0.2, 0.25) is 0 Å². The Hall–Kier alpha value is -0.370. The Balaban J connectivity index is 3.45. The van der Waals surface area contributed by atoms with Crippen LogP contribution in [0.1, 0.15) is 59.8 Å². The molecule has 0 saturated carbocycles. The summed E-state index contributed by atoms with van der Waals surface area (Å²) >= 11 is 0. The zero-order valence-electron chi connectivity index (χ0n) is 10.0. The van der Waals surface area contributed by atoms with Gasteiger partial charge in [-0.15, -0.1) is 0 Å². The first-order valence-electron chi connectivity index (χ1n) is 5.73. The van der Waals surface area contributed by atoms with E-state index in [2.05, 4.69) is 6.92 Å². The molecular weight excluding hydrogens is 176 g/mol. The molecule has 2 unspecified atom stereocenters. The molecule has 0 rings (SSSR count). The monoisotopic (exact) mass is 200 g/mol.